The Hall–Kier alpha value is -1.45. The van der Waals surface area contributed by atoms with Gasteiger partial charge < -0.3 is 9.53 Å². The summed E-state index contributed by atoms with van der Waals surface area (Å²) in [5.74, 6) is 0.543. The lowest BCUT2D eigenvalue weighted by atomic mass is 9.43. The average molecular weight is 260 g/mol. The highest BCUT2D eigenvalue weighted by Crippen LogP contribution is 2.64. The van der Waals surface area contributed by atoms with Gasteiger partial charge in [-0.3, -0.25) is 9.59 Å². The fourth-order valence-corrected chi connectivity index (χ4v) is 5.01. The van der Waals surface area contributed by atoms with E-state index in [0.29, 0.717) is 24.2 Å². The number of rotatable bonds is 2. The number of Topliss-reactive ketones (excluding diaryl/α,β-unsaturated/α-hetero) is 1. The first kappa shape index (κ1) is 11.4. The standard InChI is InChI=1S/C15H16O4/c1-6(16)4-7-5-10-8-2-3-9(11(7)10)13-12(8)14(17)19-15(13)18/h2-3,7-13H,4-5H2,1H3/t7-,8-,9-,10-,11-,12+,13+/m0/s1. The fourth-order valence-electron chi connectivity index (χ4n) is 5.01. The Morgan fingerprint density at radius 3 is 2.53 bits per heavy atom. The Morgan fingerprint density at radius 2 is 1.84 bits per heavy atom. The Kier molecular flexibility index (Phi) is 2.13. The van der Waals surface area contributed by atoms with Crippen LogP contribution in [-0.4, -0.2) is 17.7 Å². The van der Waals surface area contributed by atoms with Crippen molar-refractivity contribution in [2.24, 2.45) is 41.4 Å². The molecule has 100 valence electrons. The third kappa shape index (κ3) is 1.32. The van der Waals surface area contributed by atoms with Crippen molar-refractivity contribution in [2.45, 2.75) is 19.8 Å². The number of cyclic esters (lactones) is 2. The molecule has 0 aromatic carbocycles. The van der Waals surface area contributed by atoms with Gasteiger partial charge in [-0.1, -0.05) is 12.2 Å². The predicted molar refractivity (Wildman–Crippen MR) is 64.6 cm³/mol. The molecule has 7 atom stereocenters. The third-order valence-electron chi connectivity index (χ3n) is 5.62. The van der Waals surface area contributed by atoms with Gasteiger partial charge in [0.2, 0.25) is 0 Å². The Bertz CT molecular complexity index is 520. The van der Waals surface area contributed by atoms with E-state index in [4.69, 9.17) is 4.74 Å². The lowest BCUT2D eigenvalue weighted by molar-refractivity contribution is -0.154. The molecule has 5 aliphatic rings. The van der Waals surface area contributed by atoms with E-state index in [9.17, 15) is 14.4 Å². The monoisotopic (exact) mass is 260 g/mol. The smallest absolute Gasteiger partial charge is 0.318 e. The normalized spacial score (nSPS) is 49.4. The Morgan fingerprint density at radius 1 is 1.21 bits per heavy atom. The first-order chi connectivity index (χ1) is 9.08. The highest BCUT2D eigenvalue weighted by Gasteiger charge is 2.65. The van der Waals surface area contributed by atoms with Gasteiger partial charge in [0, 0.05) is 6.42 Å². The molecule has 0 unspecified atom stereocenters. The van der Waals surface area contributed by atoms with E-state index in [1.54, 1.807) is 6.92 Å². The zero-order valence-corrected chi connectivity index (χ0v) is 10.7. The van der Waals surface area contributed by atoms with Crippen LogP contribution in [0.2, 0.25) is 0 Å². The summed E-state index contributed by atoms with van der Waals surface area (Å²) in [5.41, 5.74) is 0. The maximum Gasteiger partial charge on any atom is 0.318 e. The van der Waals surface area contributed by atoms with Crippen molar-refractivity contribution in [3.05, 3.63) is 12.2 Å². The summed E-state index contributed by atoms with van der Waals surface area (Å²) >= 11 is 0. The largest absolute Gasteiger partial charge is 0.393 e. The van der Waals surface area contributed by atoms with Gasteiger partial charge in [-0.25, -0.2) is 0 Å². The molecular weight excluding hydrogens is 244 g/mol. The lowest BCUT2D eigenvalue weighted by Gasteiger charge is -2.59. The lowest BCUT2D eigenvalue weighted by Crippen LogP contribution is -2.57. The van der Waals surface area contributed by atoms with Crippen LogP contribution >= 0.6 is 0 Å². The molecule has 0 aromatic rings. The molecule has 1 heterocycles. The first-order valence-corrected chi connectivity index (χ1v) is 7.01. The van der Waals surface area contributed by atoms with Gasteiger partial charge >= 0.3 is 11.9 Å². The predicted octanol–water partition coefficient (Wildman–Crippen LogP) is 1.35. The number of hydrogen-bond acceptors (Lipinski definition) is 4. The zero-order chi connectivity index (χ0) is 13.3. The molecule has 0 N–H and O–H groups in total. The molecule has 0 spiro atoms. The molecule has 4 nitrogen and oxygen atoms in total. The Balaban J connectivity index is 1.67. The van der Waals surface area contributed by atoms with Crippen LogP contribution < -0.4 is 0 Å². The number of ether oxygens (including phenoxy) is 1. The molecule has 1 saturated heterocycles. The van der Waals surface area contributed by atoms with Gasteiger partial charge in [0.1, 0.15) is 5.78 Å². The van der Waals surface area contributed by atoms with Crippen molar-refractivity contribution < 1.29 is 19.1 Å². The van der Waals surface area contributed by atoms with Crippen LogP contribution in [0.3, 0.4) is 0 Å². The Labute approximate surface area is 111 Å². The van der Waals surface area contributed by atoms with Crippen LogP contribution in [0.15, 0.2) is 12.2 Å². The van der Waals surface area contributed by atoms with Gasteiger partial charge in [-0.2, -0.15) is 0 Å². The summed E-state index contributed by atoms with van der Waals surface area (Å²) in [5, 5.41) is 0. The van der Waals surface area contributed by atoms with Crippen LogP contribution in [0.4, 0.5) is 0 Å². The van der Waals surface area contributed by atoms with Crippen molar-refractivity contribution in [3.8, 4) is 0 Å². The molecule has 3 fully saturated rings. The van der Waals surface area contributed by atoms with Gasteiger partial charge in [-0.15, -0.1) is 0 Å². The summed E-state index contributed by atoms with van der Waals surface area (Å²) in [6.45, 7) is 1.63. The second-order valence-electron chi connectivity index (χ2n) is 6.47. The highest BCUT2D eigenvalue weighted by molar-refractivity contribution is 5.97. The number of carbonyl (C=O) groups excluding carboxylic acids is 3. The maximum absolute atomic E-state index is 11.9. The van der Waals surface area contributed by atoms with Crippen molar-refractivity contribution in [3.63, 3.8) is 0 Å². The van der Waals surface area contributed by atoms with E-state index in [1.807, 2.05) is 0 Å². The fraction of sp³-hybridized carbons (Fsp3) is 0.667. The number of ketones is 1. The number of allylic oxidation sites excluding steroid dienone is 2. The summed E-state index contributed by atoms with van der Waals surface area (Å²) < 4.78 is 4.85. The van der Waals surface area contributed by atoms with Crippen LogP contribution in [0, 0.1) is 41.4 Å². The van der Waals surface area contributed by atoms with Crippen molar-refractivity contribution in [1.82, 2.24) is 0 Å². The van der Waals surface area contributed by atoms with E-state index < -0.39 is 0 Å². The topological polar surface area (TPSA) is 60.4 Å². The highest BCUT2D eigenvalue weighted by atomic mass is 16.6. The number of carbonyl (C=O) groups is 3. The van der Waals surface area contributed by atoms with Crippen LogP contribution in [0.25, 0.3) is 0 Å². The molecule has 0 aromatic heterocycles. The summed E-state index contributed by atoms with van der Waals surface area (Å²) in [6.07, 6.45) is 5.83. The van der Waals surface area contributed by atoms with Crippen LogP contribution in [0.1, 0.15) is 19.8 Å². The van der Waals surface area contributed by atoms with Crippen molar-refractivity contribution >= 4 is 17.7 Å². The molecule has 0 radical (unpaired) electrons. The van der Waals surface area contributed by atoms with Crippen LogP contribution in [0.5, 0.6) is 0 Å². The van der Waals surface area contributed by atoms with E-state index >= 15 is 0 Å². The molecule has 2 bridgehead atoms. The van der Waals surface area contributed by atoms with Gasteiger partial charge in [0.05, 0.1) is 11.8 Å². The molecule has 4 heteroatoms. The van der Waals surface area contributed by atoms with Crippen LogP contribution in [-0.2, 0) is 19.1 Å². The SMILES string of the molecule is CC(=O)C[C@H]1C[C@H]2[C@@H]3C=C[C@H]([C@H]4C(=O)OC(=O)[C@H]34)[C@H]12. The summed E-state index contributed by atoms with van der Waals surface area (Å²) in [6, 6.07) is 0. The zero-order valence-electron chi connectivity index (χ0n) is 10.7. The first-order valence-electron chi connectivity index (χ1n) is 7.01. The number of hydrogen-bond donors (Lipinski definition) is 0. The van der Waals surface area contributed by atoms with Crippen molar-refractivity contribution in [1.29, 1.82) is 0 Å². The minimum absolute atomic E-state index is 0.108. The molecule has 19 heavy (non-hydrogen) atoms. The van der Waals surface area contributed by atoms with E-state index in [-0.39, 0.29) is 41.4 Å². The second-order valence-corrected chi connectivity index (χ2v) is 6.47. The van der Waals surface area contributed by atoms with Gasteiger partial charge in [0.15, 0.2) is 0 Å². The van der Waals surface area contributed by atoms with Gasteiger partial charge in [0.25, 0.3) is 0 Å². The molecule has 1 aliphatic heterocycles. The van der Waals surface area contributed by atoms with E-state index in [1.165, 1.54) is 0 Å². The summed E-state index contributed by atoms with van der Waals surface area (Å²) in [4.78, 5) is 35.0. The van der Waals surface area contributed by atoms with E-state index in [0.717, 1.165) is 6.42 Å². The minimum atomic E-state index is -0.346. The minimum Gasteiger partial charge on any atom is -0.393 e. The van der Waals surface area contributed by atoms with Crippen molar-refractivity contribution in [2.75, 3.05) is 0 Å². The molecule has 0 amide bonds. The average Bonchev–Trinajstić information content (AvgIpc) is 2.63. The number of esters is 2. The van der Waals surface area contributed by atoms with E-state index in [2.05, 4.69) is 12.2 Å². The maximum atomic E-state index is 11.9. The summed E-state index contributed by atoms with van der Waals surface area (Å²) in [7, 11) is 0. The molecular formula is C15H16O4. The second kappa shape index (κ2) is 3.56. The van der Waals surface area contributed by atoms with Gasteiger partial charge in [-0.05, 0) is 42.9 Å². The molecule has 4 aliphatic carbocycles. The quantitative estimate of drug-likeness (QED) is 0.427. The third-order valence-corrected chi connectivity index (χ3v) is 5.62. The molecule has 2 saturated carbocycles. The molecule has 5 rings (SSSR count).